The van der Waals surface area contributed by atoms with E-state index in [-0.39, 0.29) is 0 Å². The third kappa shape index (κ3) is 7.04. The molecule has 0 aromatic heterocycles. The number of anilines is 1. The van der Waals surface area contributed by atoms with Crippen LogP contribution >= 0.6 is 0 Å². The lowest BCUT2D eigenvalue weighted by atomic mass is 10.0. The molecular weight excluding hydrogens is 206 g/mol. The molecule has 0 heterocycles. The number of rotatable bonds is 5. The first-order valence-corrected chi connectivity index (χ1v) is 6.93. The molecule has 0 saturated heterocycles. The van der Waals surface area contributed by atoms with Crippen molar-refractivity contribution >= 4 is 5.69 Å². The Morgan fingerprint density at radius 3 is 1.88 bits per heavy atom. The van der Waals surface area contributed by atoms with Crippen LogP contribution in [-0.2, 0) is 0 Å². The maximum atomic E-state index is 3.44. The molecule has 1 rings (SSSR count). The average Bonchev–Trinajstić information content (AvgIpc) is 2.32. The van der Waals surface area contributed by atoms with Gasteiger partial charge in [0, 0.05) is 12.2 Å². The molecule has 0 atom stereocenters. The van der Waals surface area contributed by atoms with Crippen LogP contribution < -0.4 is 5.32 Å². The quantitative estimate of drug-likeness (QED) is 0.730. The molecule has 0 saturated carbocycles. The summed E-state index contributed by atoms with van der Waals surface area (Å²) in [6.45, 7) is 14.0. The van der Waals surface area contributed by atoms with E-state index in [0.717, 1.165) is 12.5 Å². The van der Waals surface area contributed by atoms with Gasteiger partial charge in [0.1, 0.15) is 0 Å². The Kier molecular flexibility index (Phi) is 8.57. The normalized spacial score (nSPS) is 10.1. The maximum Gasteiger partial charge on any atom is 0.0340 e. The summed E-state index contributed by atoms with van der Waals surface area (Å²) in [6.07, 6.45) is 1.23. The van der Waals surface area contributed by atoms with E-state index in [2.05, 4.69) is 57.3 Å². The molecule has 0 aliphatic rings. The summed E-state index contributed by atoms with van der Waals surface area (Å²) >= 11 is 0. The van der Waals surface area contributed by atoms with Crippen molar-refractivity contribution in [3.8, 4) is 0 Å². The second-order valence-corrected chi connectivity index (χ2v) is 4.89. The van der Waals surface area contributed by atoms with Crippen LogP contribution in [0.4, 0.5) is 5.69 Å². The van der Waals surface area contributed by atoms with E-state index in [1.807, 2.05) is 13.8 Å². The maximum absolute atomic E-state index is 3.44. The van der Waals surface area contributed by atoms with E-state index in [1.54, 1.807) is 0 Å². The highest BCUT2D eigenvalue weighted by atomic mass is 14.9. The topological polar surface area (TPSA) is 12.0 Å². The standard InChI is InChI=1S/C14H23N.C2H6/c1-11(2)9-10-15-14-7-5-13(6-8-14)12(3)4;1-2/h5-8,11-12,15H,9-10H2,1-4H3;1-2H3. The molecule has 1 N–H and O–H groups in total. The average molecular weight is 235 g/mol. The lowest BCUT2D eigenvalue weighted by molar-refractivity contribution is 0.607. The molecule has 98 valence electrons. The van der Waals surface area contributed by atoms with E-state index in [4.69, 9.17) is 0 Å². The molecule has 0 aliphatic carbocycles. The zero-order valence-corrected chi connectivity index (χ0v) is 12.4. The van der Waals surface area contributed by atoms with Gasteiger partial charge in [0.25, 0.3) is 0 Å². The number of nitrogens with one attached hydrogen (secondary N) is 1. The van der Waals surface area contributed by atoms with Crippen LogP contribution in [-0.4, -0.2) is 6.54 Å². The summed E-state index contributed by atoms with van der Waals surface area (Å²) in [4.78, 5) is 0. The van der Waals surface area contributed by atoms with Gasteiger partial charge in [-0.15, -0.1) is 0 Å². The summed E-state index contributed by atoms with van der Waals surface area (Å²) in [6, 6.07) is 8.77. The van der Waals surface area contributed by atoms with Gasteiger partial charge in [0.15, 0.2) is 0 Å². The Morgan fingerprint density at radius 2 is 1.47 bits per heavy atom. The summed E-state index contributed by atoms with van der Waals surface area (Å²) in [7, 11) is 0. The van der Waals surface area contributed by atoms with Crippen LogP contribution in [0.15, 0.2) is 24.3 Å². The smallest absolute Gasteiger partial charge is 0.0340 e. The van der Waals surface area contributed by atoms with E-state index in [9.17, 15) is 0 Å². The van der Waals surface area contributed by atoms with E-state index in [1.165, 1.54) is 17.7 Å². The molecule has 1 nitrogen and oxygen atoms in total. The van der Waals surface area contributed by atoms with Crippen molar-refractivity contribution in [1.82, 2.24) is 0 Å². The first kappa shape index (κ1) is 16.0. The molecule has 0 bridgehead atoms. The minimum absolute atomic E-state index is 0.620. The van der Waals surface area contributed by atoms with Crippen LogP contribution in [0.5, 0.6) is 0 Å². The summed E-state index contributed by atoms with van der Waals surface area (Å²) in [5, 5.41) is 3.44. The van der Waals surface area contributed by atoms with Crippen molar-refractivity contribution in [2.24, 2.45) is 5.92 Å². The highest BCUT2D eigenvalue weighted by molar-refractivity contribution is 5.44. The van der Waals surface area contributed by atoms with Gasteiger partial charge < -0.3 is 5.32 Å². The molecule has 17 heavy (non-hydrogen) atoms. The fraction of sp³-hybridized carbons (Fsp3) is 0.625. The summed E-state index contributed by atoms with van der Waals surface area (Å²) in [5.74, 6) is 1.39. The molecule has 0 fully saturated rings. The number of hydrogen-bond donors (Lipinski definition) is 1. The lowest BCUT2D eigenvalue weighted by Gasteiger charge is -2.10. The predicted molar refractivity (Wildman–Crippen MR) is 79.8 cm³/mol. The van der Waals surface area contributed by atoms with Gasteiger partial charge in [-0.25, -0.2) is 0 Å². The molecular formula is C16H29N. The third-order valence-electron chi connectivity index (χ3n) is 2.63. The monoisotopic (exact) mass is 235 g/mol. The molecule has 0 spiro atoms. The van der Waals surface area contributed by atoms with Crippen molar-refractivity contribution in [2.75, 3.05) is 11.9 Å². The molecule has 0 aliphatic heterocycles. The minimum atomic E-state index is 0.620. The summed E-state index contributed by atoms with van der Waals surface area (Å²) < 4.78 is 0. The van der Waals surface area contributed by atoms with Crippen molar-refractivity contribution in [2.45, 2.75) is 53.9 Å². The Balaban J connectivity index is 0.00000121. The number of hydrogen-bond acceptors (Lipinski definition) is 1. The first-order chi connectivity index (χ1) is 8.09. The van der Waals surface area contributed by atoms with Gasteiger partial charge in [0.05, 0.1) is 0 Å². The van der Waals surface area contributed by atoms with Gasteiger partial charge in [0.2, 0.25) is 0 Å². The lowest BCUT2D eigenvalue weighted by Crippen LogP contribution is -2.04. The zero-order valence-electron chi connectivity index (χ0n) is 12.4. The fourth-order valence-corrected chi connectivity index (χ4v) is 1.49. The number of benzene rings is 1. The Labute approximate surface area is 108 Å². The Bertz CT molecular complexity index is 272. The largest absolute Gasteiger partial charge is 0.385 e. The third-order valence-corrected chi connectivity index (χ3v) is 2.63. The van der Waals surface area contributed by atoms with Gasteiger partial charge in [-0.05, 0) is 36.0 Å². The van der Waals surface area contributed by atoms with Crippen LogP contribution in [0.3, 0.4) is 0 Å². The van der Waals surface area contributed by atoms with Crippen molar-refractivity contribution in [3.63, 3.8) is 0 Å². The highest BCUT2D eigenvalue weighted by Gasteiger charge is 1.98. The van der Waals surface area contributed by atoms with Crippen molar-refractivity contribution in [3.05, 3.63) is 29.8 Å². The second-order valence-electron chi connectivity index (χ2n) is 4.89. The molecule has 0 radical (unpaired) electrons. The second kappa shape index (κ2) is 9.09. The highest BCUT2D eigenvalue weighted by Crippen LogP contribution is 2.17. The van der Waals surface area contributed by atoms with Gasteiger partial charge in [-0.3, -0.25) is 0 Å². The predicted octanol–water partition coefficient (Wildman–Crippen LogP) is 5.29. The summed E-state index contributed by atoms with van der Waals surface area (Å²) in [5.41, 5.74) is 2.64. The van der Waals surface area contributed by atoms with Crippen LogP contribution in [0.2, 0.25) is 0 Å². The molecule has 0 unspecified atom stereocenters. The van der Waals surface area contributed by atoms with Crippen LogP contribution in [0.1, 0.15) is 59.4 Å². The van der Waals surface area contributed by atoms with E-state index in [0.29, 0.717) is 5.92 Å². The SMILES string of the molecule is CC.CC(C)CCNc1ccc(C(C)C)cc1. The van der Waals surface area contributed by atoms with E-state index < -0.39 is 0 Å². The van der Waals surface area contributed by atoms with Crippen LogP contribution in [0, 0.1) is 5.92 Å². The molecule has 1 heteroatoms. The Hall–Kier alpha value is -0.980. The van der Waals surface area contributed by atoms with Crippen molar-refractivity contribution < 1.29 is 0 Å². The molecule has 0 amide bonds. The van der Waals surface area contributed by atoms with E-state index >= 15 is 0 Å². The van der Waals surface area contributed by atoms with Gasteiger partial charge in [-0.1, -0.05) is 53.7 Å². The Morgan fingerprint density at radius 1 is 0.941 bits per heavy atom. The fourth-order valence-electron chi connectivity index (χ4n) is 1.49. The van der Waals surface area contributed by atoms with Gasteiger partial charge >= 0.3 is 0 Å². The molecule has 1 aromatic rings. The zero-order chi connectivity index (χ0) is 13.3. The van der Waals surface area contributed by atoms with Crippen LogP contribution in [0.25, 0.3) is 0 Å². The van der Waals surface area contributed by atoms with Crippen molar-refractivity contribution in [1.29, 1.82) is 0 Å². The minimum Gasteiger partial charge on any atom is -0.385 e. The van der Waals surface area contributed by atoms with Gasteiger partial charge in [-0.2, -0.15) is 0 Å². The molecule has 1 aromatic carbocycles. The first-order valence-electron chi connectivity index (χ1n) is 6.93.